The van der Waals surface area contributed by atoms with Gasteiger partial charge in [-0.05, 0) is 56.7 Å². The fourth-order valence-corrected chi connectivity index (χ4v) is 4.68. The van der Waals surface area contributed by atoms with Crippen molar-refractivity contribution >= 4 is 17.7 Å². The van der Waals surface area contributed by atoms with Gasteiger partial charge in [-0.2, -0.15) is 0 Å². The van der Waals surface area contributed by atoms with Crippen molar-refractivity contribution in [2.45, 2.75) is 43.6 Å². The first kappa shape index (κ1) is 20.7. The first-order chi connectivity index (χ1) is 14.6. The van der Waals surface area contributed by atoms with Crippen LogP contribution in [-0.4, -0.2) is 39.3 Å². The number of amides is 1. The second kappa shape index (κ2) is 9.47. The third-order valence-electron chi connectivity index (χ3n) is 5.59. The second-order valence-corrected chi connectivity index (χ2v) is 9.25. The molecule has 0 aliphatic carbocycles. The van der Waals surface area contributed by atoms with Gasteiger partial charge in [0.25, 0.3) is 5.22 Å². The summed E-state index contributed by atoms with van der Waals surface area (Å²) in [4.78, 5) is 14.9. The molecule has 0 spiro atoms. The fraction of sp³-hybridized carbons (Fsp3) is 0.375. The number of hydrogen-bond donors (Lipinski definition) is 0. The molecule has 6 heteroatoms. The average Bonchev–Trinajstić information content (AvgIpc) is 3.23. The quantitative estimate of drug-likeness (QED) is 0.524. The van der Waals surface area contributed by atoms with E-state index in [1.807, 2.05) is 43.0 Å². The van der Waals surface area contributed by atoms with Crippen LogP contribution in [0.3, 0.4) is 0 Å². The second-order valence-electron chi connectivity index (χ2n) is 7.96. The largest absolute Gasteiger partial charge is 0.411 e. The van der Waals surface area contributed by atoms with Gasteiger partial charge in [0.05, 0.1) is 5.25 Å². The van der Waals surface area contributed by atoms with E-state index in [0.717, 1.165) is 43.5 Å². The van der Waals surface area contributed by atoms with Crippen molar-refractivity contribution in [3.63, 3.8) is 0 Å². The van der Waals surface area contributed by atoms with Crippen molar-refractivity contribution in [3.05, 3.63) is 65.7 Å². The molecule has 156 valence electrons. The molecular weight excluding hydrogens is 394 g/mol. The summed E-state index contributed by atoms with van der Waals surface area (Å²) in [5.74, 6) is 1.28. The van der Waals surface area contributed by atoms with Gasteiger partial charge in [0.15, 0.2) is 0 Å². The van der Waals surface area contributed by atoms with Crippen molar-refractivity contribution < 1.29 is 9.21 Å². The third-order valence-corrected chi connectivity index (χ3v) is 6.51. The molecule has 2 aromatic carbocycles. The van der Waals surface area contributed by atoms with Gasteiger partial charge in [0.2, 0.25) is 11.8 Å². The highest BCUT2D eigenvalue weighted by atomic mass is 32.2. The van der Waals surface area contributed by atoms with Crippen molar-refractivity contribution in [1.82, 2.24) is 15.1 Å². The molecule has 0 N–H and O–H groups in total. The lowest BCUT2D eigenvalue weighted by molar-refractivity contribution is -0.131. The molecular formula is C24H27N3O2S. The Morgan fingerprint density at radius 2 is 1.90 bits per heavy atom. The van der Waals surface area contributed by atoms with Crippen LogP contribution >= 0.6 is 11.8 Å². The van der Waals surface area contributed by atoms with Gasteiger partial charge in [-0.25, -0.2) is 0 Å². The van der Waals surface area contributed by atoms with Crippen molar-refractivity contribution in [2.24, 2.45) is 5.92 Å². The summed E-state index contributed by atoms with van der Waals surface area (Å²) in [6.45, 7) is 5.58. The molecule has 1 aliphatic heterocycles. The van der Waals surface area contributed by atoms with Crippen LogP contribution in [0.4, 0.5) is 0 Å². The molecule has 0 unspecified atom stereocenters. The SMILES string of the molecule is Cc1cccc(-c2nnc(S[C@@H](C)C(=O)N3CCC(Cc4ccccc4)CC3)o2)c1. The first-order valence-electron chi connectivity index (χ1n) is 10.5. The van der Waals surface area contributed by atoms with Crippen LogP contribution in [0.15, 0.2) is 64.2 Å². The number of benzene rings is 2. The molecule has 30 heavy (non-hydrogen) atoms. The summed E-state index contributed by atoms with van der Waals surface area (Å²) < 4.78 is 5.79. The summed E-state index contributed by atoms with van der Waals surface area (Å²) >= 11 is 1.34. The minimum Gasteiger partial charge on any atom is -0.411 e. The highest BCUT2D eigenvalue weighted by Gasteiger charge is 2.27. The zero-order valence-electron chi connectivity index (χ0n) is 17.5. The van der Waals surface area contributed by atoms with Crippen LogP contribution in [0.2, 0.25) is 0 Å². The highest BCUT2D eigenvalue weighted by molar-refractivity contribution is 8.00. The smallest absolute Gasteiger partial charge is 0.277 e. The molecule has 3 aromatic rings. The lowest BCUT2D eigenvalue weighted by Crippen LogP contribution is -2.42. The zero-order valence-corrected chi connectivity index (χ0v) is 18.3. The van der Waals surface area contributed by atoms with E-state index in [0.29, 0.717) is 17.0 Å². The Morgan fingerprint density at radius 1 is 1.13 bits per heavy atom. The lowest BCUT2D eigenvalue weighted by atomic mass is 9.90. The highest BCUT2D eigenvalue weighted by Crippen LogP contribution is 2.29. The van der Waals surface area contributed by atoms with Crippen LogP contribution in [-0.2, 0) is 11.2 Å². The average molecular weight is 422 g/mol. The molecule has 1 atom stereocenters. The molecule has 1 amide bonds. The molecule has 1 aromatic heterocycles. The number of carbonyl (C=O) groups is 1. The Balaban J connectivity index is 1.29. The van der Waals surface area contributed by atoms with E-state index < -0.39 is 0 Å². The summed E-state index contributed by atoms with van der Waals surface area (Å²) in [6, 6.07) is 18.6. The minimum atomic E-state index is -0.249. The summed E-state index contributed by atoms with van der Waals surface area (Å²) in [7, 11) is 0. The molecule has 1 saturated heterocycles. The predicted molar refractivity (Wildman–Crippen MR) is 119 cm³/mol. The Morgan fingerprint density at radius 3 is 2.63 bits per heavy atom. The zero-order chi connectivity index (χ0) is 20.9. The van der Waals surface area contributed by atoms with E-state index in [2.05, 4.69) is 40.5 Å². The van der Waals surface area contributed by atoms with Crippen LogP contribution in [0.1, 0.15) is 30.9 Å². The van der Waals surface area contributed by atoms with Crippen LogP contribution in [0.25, 0.3) is 11.5 Å². The number of rotatable bonds is 6. The van der Waals surface area contributed by atoms with E-state index in [4.69, 9.17) is 4.42 Å². The number of carbonyl (C=O) groups excluding carboxylic acids is 1. The van der Waals surface area contributed by atoms with Gasteiger partial charge in [-0.1, -0.05) is 59.8 Å². The maximum Gasteiger partial charge on any atom is 0.277 e. The molecule has 0 saturated carbocycles. The van der Waals surface area contributed by atoms with Crippen molar-refractivity contribution in [1.29, 1.82) is 0 Å². The van der Waals surface area contributed by atoms with Gasteiger partial charge in [0.1, 0.15) is 0 Å². The minimum absolute atomic E-state index is 0.147. The number of piperidine rings is 1. The topological polar surface area (TPSA) is 59.2 Å². The molecule has 1 fully saturated rings. The molecule has 5 nitrogen and oxygen atoms in total. The van der Waals surface area contributed by atoms with Crippen molar-refractivity contribution in [2.75, 3.05) is 13.1 Å². The Bertz CT molecular complexity index is 981. The molecule has 2 heterocycles. The monoisotopic (exact) mass is 421 g/mol. The molecule has 1 aliphatic rings. The van der Waals surface area contributed by atoms with E-state index in [-0.39, 0.29) is 11.2 Å². The summed E-state index contributed by atoms with van der Waals surface area (Å²) in [5.41, 5.74) is 3.42. The van der Waals surface area contributed by atoms with Gasteiger partial charge in [-0.15, -0.1) is 10.2 Å². The van der Waals surface area contributed by atoms with E-state index in [9.17, 15) is 4.79 Å². The van der Waals surface area contributed by atoms with Crippen molar-refractivity contribution in [3.8, 4) is 11.5 Å². The van der Waals surface area contributed by atoms with E-state index in [1.54, 1.807) is 0 Å². The summed E-state index contributed by atoms with van der Waals surface area (Å²) in [5, 5.41) is 8.45. The number of aryl methyl sites for hydroxylation is 1. The number of likely N-dealkylation sites (tertiary alicyclic amines) is 1. The number of aromatic nitrogens is 2. The van der Waals surface area contributed by atoms with Gasteiger partial charge >= 0.3 is 0 Å². The molecule has 0 radical (unpaired) electrons. The van der Waals surface area contributed by atoms with E-state index >= 15 is 0 Å². The first-order valence-corrected chi connectivity index (χ1v) is 11.4. The number of thioether (sulfide) groups is 1. The fourth-order valence-electron chi connectivity index (χ4n) is 3.92. The standard InChI is InChI=1S/C24H27N3O2S/c1-17-7-6-10-21(15-17)22-25-26-24(29-22)30-18(2)23(28)27-13-11-20(12-14-27)16-19-8-4-3-5-9-19/h3-10,15,18,20H,11-14,16H2,1-2H3/t18-/m0/s1. The number of nitrogens with zero attached hydrogens (tertiary/aromatic N) is 3. The third kappa shape index (κ3) is 5.11. The van der Waals surface area contributed by atoms with Crippen LogP contribution < -0.4 is 0 Å². The molecule has 4 rings (SSSR count). The Kier molecular flexibility index (Phi) is 6.53. The lowest BCUT2D eigenvalue weighted by Gasteiger charge is -2.33. The maximum atomic E-state index is 12.9. The van der Waals surface area contributed by atoms with Crippen LogP contribution in [0, 0.1) is 12.8 Å². The number of hydrogen-bond acceptors (Lipinski definition) is 5. The normalized spacial score (nSPS) is 15.9. The Hall–Kier alpha value is -2.60. The predicted octanol–water partition coefficient (Wildman–Crippen LogP) is 5.01. The Labute approximate surface area is 181 Å². The molecule has 0 bridgehead atoms. The van der Waals surface area contributed by atoms with Gasteiger partial charge in [-0.3, -0.25) is 4.79 Å². The summed E-state index contributed by atoms with van der Waals surface area (Å²) in [6.07, 6.45) is 3.20. The maximum absolute atomic E-state index is 12.9. The van der Waals surface area contributed by atoms with Gasteiger partial charge < -0.3 is 9.32 Å². The van der Waals surface area contributed by atoms with Gasteiger partial charge in [0, 0.05) is 18.7 Å². The van der Waals surface area contributed by atoms with E-state index in [1.165, 1.54) is 17.3 Å². The van der Waals surface area contributed by atoms with Crippen LogP contribution in [0.5, 0.6) is 0 Å².